The van der Waals surface area contributed by atoms with Gasteiger partial charge in [0.1, 0.15) is 18.2 Å². The predicted octanol–water partition coefficient (Wildman–Crippen LogP) is 6.60. The van der Waals surface area contributed by atoms with Gasteiger partial charge in [0.2, 0.25) is 0 Å². The molecule has 0 spiro atoms. The molecule has 0 saturated carbocycles. The number of benzene rings is 3. The fraction of sp³-hybridized carbons (Fsp3) is 0.0435. The average Bonchev–Trinajstić information content (AvgIpc) is 3.09. The van der Waals surface area contributed by atoms with Gasteiger partial charge in [0.15, 0.2) is 5.17 Å². The second-order valence-corrected chi connectivity index (χ2v) is 8.30. The predicted molar refractivity (Wildman–Crippen MR) is 124 cm³/mol. The van der Waals surface area contributed by atoms with Crippen LogP contribution in [-0.2, 0) is 11.4 Å². The third-order valence-electron chi connectivity index (χ3n) is 4.36. The van der Waals surface area contributed by atoms with E-state index in [4.69, 9.17) is 27.9 Å². The lowest BCUT2D eigenvalue weighted by molar-refractivity contribution is -0.115. The van der Waals surface area contributed by atoms with Gasteiger partial charge in [0.05, 0.1) is 20.6 Å². The molecular formula is C23H15Cl2FN2O2S. The van der Waals surface area contributed by atoms with Crippen LogP contribution in [0.1, 0.15) is 11.1 Å². The molecule has 1 heterocycles. The molecule has 1 fully saturated rings. The molecule has 3 aromatic carbocycles. The molecule has 0 radical (unpaired) electrons. The summed E-state index contributed by atoms with van der Waals surface area (Å²) in [6.45, 7) is -0.0375. The molecule has 0 bridgehead atoms. The summed E-state index contributed by atoms with van der Waals surface area (Å²) >= 11 is 13.4. The van der Waals surface area contributed by atoms with E-state index >= 15 is 0 Å². The molecule has 8 heteroatoms. The highest BCUT2D eigenvalue weighted by atomic mass is 35.5. The Hall–Kier alpha value is -2.80. The lowest BCUT2D eigenvalue weighted by atomic mass is 10.1. The number of hydrogen-bond acceptors (Lipinski definition) is 4. The van der Waals surface area contributed by atoms with Crippen molar-refractivity contribution in [2.75, 3.05) is 0 Å². The summed E-state index contributed by atoms with van der Waals surface area (Å²) in [7, 11) is 0. The molecule has 1 N–H and O–H groups in total. The van der Waals surface area contributed by atoms with E-state index in [-0.39, 0.29) is 18.1 Å². The van der Waals surface area contributed by atoms with Gasteiger partial charge in [0.25, 0.3) is 5.91 Å². The van der Waals surface area contributed by atoms with Gasteiger partial charge < -0.3 is 10.1 Å². The van der Waals surface area contributed by atoms with Crippen molar-refractivity contribution in [3.63, 3.8) is 0 Å². The molecule has 0 aliphatic carbocycles. The summed E-state index contributed by atoms with van der Waals surface area (Å²) in [5.74, 6) is -0.212. The van der Waals surface area contributed by atoms with Crippen LogP contribution in [0.2, 0.25) is 10.0 Å². The van der Waals surface area contributed by atoms with E-state index in [1.807, 2.05) is 24.3 Å². The number of rotatable bonds is 5. The van der Waals surface area contributed by atoms with Crippen LogP contribution in [0.15, 0.2) is 76.6 Å². The van der Waals surface area contributed by atoms with Crippen molar-refractivity contribution in [3.8, 4) is 5.75 Å². The number of amidine groups is 1. The fourth-order valence-electron chi connectivity index (χ4n) is 2.82. The molecular weight excluding hydrogens is 458 g/mol. The summed E-state index contributed by atoms with van der Waals surface area (Å²) < 4.78 is 19.8. The Morgan fingerprint density at radius 1 is 1.00 bits per heavy atom. The largest absolute Gasteiger partial charge is 0.488 e. The van der Waals surface area contributed by atoms with E-state index < -0.39 is 5.82 Å². The van der Waals surface area contributed by atoms with Crippen LogP contribution in [0.5, 0.6) is 5.75 Å². The van der Waals surface area contributed by atoms with E-state index in [1.165, 1.54) is 23.9 Å². The number of nitrogens with zero attached hydrogens (tertiary/aromatic N) is 1. The topological polar surface area (TPSA) is 50.7 Å². The number of thioether (sulfide) groups is 1. The molecule has 1 aliphatic heterocycles. The summed E-state index contributed by atoms with van der Waals surface area (Å²) in [4.78, 5) is 17.3. The van der Waals surface area contributed by atoms with Gasteiger partial charge in [-0.15, -0.1) is 0 Å². The molecule has 1 amide bonds. The van der Waals surface area contributed by atoms with E-state index in [0.29, 0.717) is 37.1 Å². The Morgan fingerprint density at radius 2 is 1.74 bits per heavy atom. The number of halogens is 3. The van der Waals surface area contributed by atoms with Crippen molar-refractivity contribution in [3.05, 3.63) is 98.6 Å². The molecule has 3 aromatic rings. The van der Waals surface area contributed by atoms with E-state index in [0.717, 1.165) is 0 Å². The molecule has 156 valence electrons. The molecule has 0 atom stereocenters. The molecule has 1 aliphatic rings. The highest BCUT2D eigenvalue weighted by molar-refractivity contribution is 8.18. The Balaban J connectivity index is 1.55. The van der Waals surface area contributed by atoms with Gasteiger partial charge in [-0.1, -0.05) is 59.6 Å². The number of carbonyl (C=O) groups is 1. The lowest BCUT2D eigenvalue weighted by Crippen LogP contribution is -2.19. The van der Waals surface area contributed by atoms with Crippen molar-refractivity contribution in [2.45, 2.75) is 6.61 Å². The number of carbonyl (C=O) groups excluding carboxylic acids is 1. The first-order valence-corrected chi connectivity index (χ1v) is 10.8. The summed E-state index contributed by atoms with van der Waals surface area (Å²) in [5, 5.41) is 3.95. The van der Waals surface area contributed by atoms with Gasteiger partial charge in [-0.2, -0.15) is 0 Å². The van der Waals surface area contributed by atoms with Gasteiger partial charge in [0, 0.05) is 11.1 Å². The van der Waals surface area contributed by atoms with Crippen LogP contribution < -0.4 is 10.1 Å². The number of hydrogen-bond donors (Lipinski definition) is 1. The Labute approximate surface area is 192 Å². The normalized spacial score (nSPS) is 16.0. The van der Waals surface area contributed by atoms with Crippen LogP contribution in [0.25, 0.3) is 6.08 Å². The smallest absolute Gasteiger partial charge is 0.264 e. The van der Waals surface area contributed by atoms with E-state index in [9.17, 15) is 9.18 Å². The van der Waals surface area contributed by atoms with Gasteiger partial charge >= 0.3 is 0 Å². The number of para-hydroxylation sites is 2. The van der Waals surface area contributed by atoms with Gasteiger partial charge in [-0.05, 0) is 48.2 Å². The van der Waals surface area contributed by atoms with Crippen LogP contribution in [-0.4, -0.2) is 11.1 Å². The molecule has 31 heavy (non-hydrogen) atoms. The summed E-state index contributed by atoms with van der Waals surface area (Å²) in [5.41, 5.74) is 1.51. The van der Waals surface area contributed by atoms with Crippen molar-refractivity contribution in [2.24, 2.45) is 4.99 Å². The summed E-state index contributed by atoms with van der Waals surface area (Å²) in [6, 6.07) is 18.8. The number of ether oxygens (including phenoxy) is 1. The second kappa shape index (κ2) is 9.56. The Morgan fingerprint density at radius 3 is 2.55 bits per heavy atom. The first-order valence-electron chi connectivity index (χ1n) is 9.20. The third kappa shape index (κ3) is 5.10. The number of nitrogens with one attached hydrogen (secondary N) is 1. The third-order valence-corrected chi connectivity index (χ3v) is 5.95. The molecule has 4 rings (SSSR count). The summed E-state index contributed by atoms with van der Waals surface area (Å²) in [6.07, 6.45) is 1.70. The van der Waals surface area contributed by atoms with Crippen LogP contribution in [0.3, 0.4) is 0 Å². The van der Waals surface area contributed by atoms with Gasteiger partial charge in [-0.3, -0.25) is 4.79 Å². The van der Waals surface area contributed by atoms with Crippen molar-refractivity contribution < 1.29 is 13.9 Å². The highest BCUT2D eigenvalue weighted by Crippen LogP contribution is 2.32. The quantitative estimate of drug-likeness (QED) is 0.425. The van der Waals surface area contributed by atoms with Crippen LogP contribution in [0.4, 0.5) is 10.1 Å². The fourth-order valence-corrected chi connectivity index (χ4v) is 4.05. The number of amides is 1. The monoisotopic (exact) mass is 472 g/mol. The molecule has 4 nitrogen and oxygen atoms in total. The minimum atomic E-state index is -0.436. The zero-order chi connectivity index (χ0) is 21.8. The first kappa shape index (κ1) is 21.4. The zero-order valence-corrected chi connectivity index (χ0v) is 18.3. The lowest BCUT2D eigenvalue weighted by Gasteiger charge is -2.11. The first-order chi connectivity index (χ1) is 15.0. The Kier molecular flexibility index (Phi) is 6.61. The second-order valence-electron chi connectivity index (χ2n) is 6.46. The Bertz CT molecular complexity index is 1190. The molecule has 0 unspecified atom stereocenters. The van der Waals surface area contributed by atoms with E-state index in [2.05, 4.69) is 10.3 Å². The van der Waals surface area contributed by atoms with E-state index in [1.54, 1.807) is 36.4 Å². The zero-order valence-electron chi connectivity index (χ0n) is 15.9. The SMILES string of the molecule is O=C1NC(=Nc2ccccc2Cl)S/C1=C/c1ccccc1OCc1c(F)cccc1Cl. The number of aliphatic imine (C=N–C) groups is 1. The van der Waals surface area contributed by atoms with Gasteiger partial charge in [-0.25, -0.2) is 9.38 Å². The van der Waals surface area contributed by atoms with Crippen molar-refractivity contribution >= 4 is 57.8 Å². The maximum atomic E-state index is 14.0. The highest BCUT2D eigenvalue weighted by Gasteiger charge is 2.24. The minimum Gasteiger partial charge on any atom is -0.488 e. The maximum Gasteiger partial charge on any atom is 0.264 e. The molecule has 0 aromatic heterocycles. The van der Waals surface area contributed by atoms with Crippen molar-refractivity contribution in [1.82, 2.24) is 5.32 Å². The van der Waals surface area contributed by atoms with Crippen LogP contribution in [0, 0.1) is 5.82 Å². The molecule has 1 saturated heterocycles. The standard InChI is InChI=1S/C23H15Cl2FN2O2S/c24-16-8-5-9-18(26)15(16)13-30-20-11-4-1-6-14(20)12-21-22(29)28-23(31-21)27-19-10-3-2-7-17(19)25/h1-12H,13H2,(H,27,28,29)/b21-12+. The van der Waals surface area contributed by atoms with Crippen molar-refractivity contribution in [1.29, 1.82) is 0 Å². The maximum absolute atomic E-state index is 14.0. The van der Waals surface area contributed by atoms with Crippen LogP contribution >= 0.6 is 35.0 Å². The minimum absolute atomic E-state index is 0.0375. The average molecular weight is 473 g/mol.